The van der Waals surface area contributed by atoms with Gasteiger partial charge in [-0.05, 0) is 24.6 Å². The minimum Gasteiger partial charge on any atom is -0.490 e. The van der Waals surface area contributed by atoms with Crippen molar-refractivity contribution in [1.82, 2.24) is 0 Å². The summed E-state index contributed by atoms with van der Waals surface area (Å²) in [6.07, 6.45) is 2.26. The average molecular weight is 221 g/mol. The molecule has 0 unspecified atom stereocenters. The van der Waals surface area contributed by atoms with E-state index in [1.807, 2.05) is 31.2 Å². The minimum atomic E-state index is 0.0807. The Morgan fingerprint density at radius 3 is 2.44 bits per heavy atom. The smallest absolute Gasteiger partial charge is 0.119 e. The van der Waals surface area contributed by atoms with Crippen LogP contribution >= 0.6 is 0 Å². The Hall–Kier alpha value is -1.06. The Bertz CT molecular complexity index is 315. The lowest BCUT2D eigenvalue weighted by Crippen LogP contribution is -2.25. The molecule has 0 radical (unpaired) electrons. The van der Waals surface area contributed by atoms with Crippen LogP contribution in [0, 0.1) is 0 Å². The third kappa shape index (κ3) is 2.97. The molecular weight excluding hydrogens is 202 g/mol. The fourth-order valence-electron chi connectivity index (χ4n) is 1.84. The fourth-order valence-corrected chi connectivity index (χ4v) is 1.84. The van der Waals surface area contributed by atoms with E-state index in [1.165, 1.54) is 0 Å². The highest BCUT2D eigenvalue weighted by atomic mass is 16.5. The molecule has 1 aromatic rings. The molecule has 1 fully saturated rings. The maximum absolute atomic E-state index is 5.87. The van der Waals surface area contributed by atoms with Gasteiger partial charge in [-0.1, -0.05) is 12.1 Å². The summed E-state index contributed by atoms with van der Waals surface area (Å²) >= 11 is 0. The van der Waals surface area contributed by atoms with Gasteiger partial charge in [-0.3, -0.25) is 0 Å². The number of benzene rings is 1. The van der Waals surface area contributed by atoms with Gasteiger partial charge in [0.1, 0.15) is 11.9 Å². The Balaban J connectivity index is 1.93. The first kappa shape index (κ1) is 11.4. The molecule has 2 rings (SSSR count). The maximum Gasteiger partial charge on any atom is 0.119 e. The molecule has 16 heavy (non-hydrogen) atoms. The summed E-state index contributed by atoms with van der Waals surface area (Å²) in [4.78, 5) is 0. The predicted octanol–water partition coefficient (Wildman–Crippen LogP) is 2.26. The first-order chi connectivity index (χ1) is 7.75. The highest BCUT2D eigenvalue weighted by Crippen LogP contribution is 2.20. The van der Waals surface area contributed by atoms with E-state index in [9.17, 15) is 0 Å². The molecule has 1 aliphatic rings. The molecule has 1 saturated heterocycles. The Morgan fingerprint density at radius 2 is 1.88 bits per heavy atom. The van der Waals surface area contributed by atoms with Crippen LogP contribution in [0.1, 0.15) is 31.4 Å². The minimum absolute atomic E-state index is 0.0807. The van der Waals surface area contributed by atoms with Crippen LogP contribution in [-0.2, 0) is 4.74 Å². The third-order valence-electron chi connectivity index (χ3n) is 2.88. The molecule has 0 bridgehead atoms. The summed E-state index contributed by atoms with van der Waals surface area (Å²) in [5, 5.41) is 0. The van der Waals surface area contributed by atoms with E-state index in [4.69, 9.17) is 15.2 Å². The zero-order valence-corrected chi connectivity index (χ0v) is 9.69. The lowest BCUT2D eigenvalue weighted by atomic mass is 10.1. The summed E-state index contributed by atoms with van der Waals surface area (Å²) < 4.78 is 11.2. The summed E-state index contributed by atoms with van der Waals surface area (Å²) in [7, 11) is 0. The van der Waals surface area contributed by atoms with Gasteiger partial charge in [0, 0.05) is 18.9 Å². The number of ether oxygens (including phenoxy) is 2. The molecule has 0 amide bonds. The topological polar surface area (TPSA) is 44.5 Å². The van der Waals surface area contributed by atoms with Crippen molar-refractivity contribution < 1.29 is 9.47 Å². The van der Waals surface area contributed by atoms with Gasteiger partial charge in [0.05, 0.1) is 13.2 Å². The van der Waals surface area contributed by atoms with E-state index in [0.29, 0.717) is 6.10 Å². The molecule has 0 saturated carbocycles. The van der Waals surface area contributed by atoms with Crippen LogP contribution in [-0.4, -0.2) is 19.3 Å². The number of hydrogen-bond donors (Lipinski definition) is 1. The molecule has 0 aromatic heterocycles. The zero-order chi connectivity index (χ0) is 11.4. The van der Waals surface area contributed by atoms with Gasteiger partial charge < -0.3 is 15.2 Å². The summed E-state index contributed by atoms with van der Waals surface area (Å²) in [5.41, 5.74) is 6.93. The first-order valence-electron chi connectivity index (χ1n) is 5.85. The standard InChI is InChI=1S/C13H19NO2/c1-10(14)11-2-4-12(5-3-11)16-13-6-8-15-9-7-13/h2-5,10,13H,6-9,14H2,1H3/t10-/m0/s1. The second kappa shape index (κ2) is 5.32. The quantitative estimate of drug-likeness (QED) is 0.851. The molecule has 3 heteroatoms. The lowest BCUT2D eigenvalue weighted by molar-refractivity contribution is 0.0255. The van der Waals surface area contributed by atoms with Crippen molar-refractivity contribution >= 4 is 0 Å². The van der Waals surface area contributed by atoms with Crippen LogP contribution in [0.25, 0.3) is 0 Å². The van der Waals surface area contributed by atoms with Gasteiger partial charge >= 0.3 is 0 Å². The van der Waals surface area contributed by atoms with E-state index >= 15 is 0 Å². The van der Waals surface area contributed by atoms with Gasteiger partial charge in [0.15, 0.2) is 0 Å². The molecule has 1 aliphatic heterocycles. The Labute approximate surface area is 96.5 Å². The molecule has 3 nitrogen and oxygen atoms in total. The highest BCUT2D eigenvalue weighted by Gasteiger charge is 2.15. The van der Waals surface area contributed by atoms with Gasteiger partial charge in [-0.15, -0.1) is 0 Å². The van der Waals surface area contributed by atoms with Crippen LogP contribution in [0.4, 0.5) is 0 Å². The normalized spacial score (nSPS) is 19.4. The molecule has 88 valence electrons. The van der Waals surface area contributed by atoms with Crippen LogP contribution in [0.15, 0.2) is 24.3 Å². The van der Waals surface area contributed by atoms with Crippen LogP contribution in [0.5, 0.6) is 5.75 Å². The first-order valence-corrected chi connectivity index (χ1v) is 5.85. The van der Waals surface area contributed by atoms with Gasteiger partial charge in [-0.25, -0.2) is 0 Å². The monoisotopic (exact) mass is 221 g/mol. The molecular formula is C13H19NO2. The van der Waals surface area contributed by atoms with E-state index in [0.717, 1.165) is 37.4 Å². The van der Waals surface area contributed by atoms with Crippen molar-refractivity contribution in [1.29, 1.82) is 0 Å². The Morgan fingerprint density at radius 1 is 1.25 bits per heavy atom. The van der Waals surface area contributed by atoms with Crippen molar-refractivity contribution in [3.05, 3.63) is 29.8 Å². The van der Waals surface area contributed by atoms with E-state index in [-0.39, 0.29) is 6.04 Å². The van der Waals surface area contributed by atoms with E-state index in [2.05, 4.69) is 0 Å². The fraction of sp³-hybridized carbons (Fsp3) is 0.538. The maximum atomic E-state index is 5.87. The van der Waals surface area contributed by atoms with Crippen LogP contribution in [0.2, 0.25) is 0 Å². The average Bonchev–Trinajstić information content (AvgIpc) is 2.31. The van der Waals surface area contributed by atoms with Crippen molar-refractivity contribution in [3.63, 3.8) is 0 Å². The van der Waals surface area contributed by atoms with Crippen molar-refractivity contribution in [2.24, 2.45) is 5.73 Å². The third-order valence-corrected chi connectivity index (χ3v) is 2.88. The van der Waals surface area contributed by atoms with Gasteiger partial charge in [0.2, 0.25) is 0 Å². The second-order valence-electron chi connectivity index (χ2n) is 4.29. The zero-order valence-electron chi connectivity index (χ0n) is 9.69. The SMILES string of the molecule is C[C@H](N)c1ccc(OC2CCOCC2)cc1. The molecule has 1 aromatic carbocycles. The highest BCUT2D eigenvalue weighted by molar-refractivity contribution is 5.28. The van der Waals surface area contributed by atoms with Gasteiger partial charge in [0.25, 0.3) is 0 Å². The van der Waals surface area contributed by atoms with Crippen molar-refractivity contribution in [2.75, 3.05) is 13.2 Å². The number of hydrogen-bond acceptors (Lipinski definition) is 3. The number of nitrogens with two attached hydrogens (primary N) is 1. The molecule has 1 heterocycles. The predicted molar refractivity (Wildman–Crippen MR) is 63.5 cm³/mol. The summed E-state index contributed by atoms with van der Waals surface area (Å²) in [6, 6.07) is 8.12. The summed E-state index contributed by atoms with van der Waals surface area (Å²) in [6.45, 7) is 3.60. The molecule has 2 N–H and O–H groups in total. The van der Waals surface area contributed by atoms with E-state index < -0.39 is 0 Å². The van der Waals surface area contributed by atoms with Crippen molar-refractivity contribution in [2.45, 2.75) is 31.9 Å². The lowest BCUT2D eigenvalue weighted by Gasteiger charge is -2.23. The van der Waals surface area contributed by atoms with Gasteiger partial charge in [-0.2, -0.15) is 0 Å². The molecule has 0 spiro atoms. The second-order valence-corrected chi connectivity index (χ2v) is 4.29. The molecule has 1 atom stereocenters. The number of rotatable bonds is 3. The Kier molecular flexibility index (Phi) is 3.80. The van der Waals surface area contributed by atoms with E-state index in [1.54, 1.807) is 0 Å². The summed E-state index contributed by atoms with van der Waals surface area (Å²) in [5.74, 6) is 0.927. The molecule has 0 aliphatic carbocycles. The largest absolute Gasteiger partial charge is 0.490 e. The van der Waals surface area contributed by atoms with Crippen LogP contribution < -0.4 is 10.5 Å². The van der Waals surface area contributed by atoms with Crippen molar-refractivity contribution in [3.8, 4) is 5.75 Å². The van der Waals surface area contributed by atoms with Crippen LogP contribution in [0.3, 0.4) is 0 Å².